The van der Waals surface area contributed by atoms with Gasteiger partial charge in [0.2, 0.25) is 0 Å². The van der Waals surface area contributed by atoms with Crippen molar-refractivity contribution in [2.45, 2.75) is 19.4 Å². The van der Waals surface area contributed by atoms with Crippen molar-refractivity contribution in [2.24, 2.45) is 0 Å². The van der Waals surface area contributed by atoms with E-state index in [1.165, 1.54) is 6.07 Å². The largest absolute Gasteiger partial charge is 0.375 e. The lowest BCUT2D eigenvalue weighted by atomic mass is 10.1. The molecular weight excluding hydrogens is 221 g/mol. The minimum absolute atomic E-state index is 0.114. The molecule has 1 saturated heterocycles. The fourth-order valence-electron chi connectivity index (χ4n) is 2.13. The molecule has 0 amide bonds. The van der Waals surface area contributed by atoms with Crippen molar-refractivity contribution in [3.63, 3.8) is 0 Å². The number of hydrogen-bond donors (Lipinski definition) is 0. The zero-order chi connectivity index (χ0) is 12.3. The van der Waals surface area contributed by atoms with E-state index in [1.807, 2.05) is 11.8 Å². The van der Waals surface area contributed by atoms with E-state index >= 15 is 0 Å². The molecular formula is C13H16FNO2. The Kier molecular flexibility index (Phi) is 3.74. The maximum Gasteiger partial charge on any atom is 0.152 e. The number of benzene rings is 1. The number of anilines is 1. The number of ether oxygens (including phenoxy) is 1. The number of carbonyl (C=O) groups is 1. The summed E-state index contributed by atoms with van der Waals surface area (Å²) >= 11 is 0. The molecule has 1 aromatic carbocycles. The Morgan fingerprint density at radius 1 is 1.59 bits per heavy atom. The molecule has 2 rings (SSSR count). The van der Waals surface area contributed by atoms with Crippen LogP contribution in [-0.2, 0) is 4.74 Å². The average Bonchev–Trinajstić information content (AvgIpc) is 2.38. The van der Waals surface area contributed by atoms with Gasteiger partial charge in [-0.05, 0) is 18.6 Å². The quantitative estimate of drug-likeness (QED) is 0.755. The third-order valence-electron chi connectivity index (χ3n) is 3.06. The third kappa shape index (κ3) is 2.47. The molecule has 0 bridgehead atoms. The van der Waals surface area contributed by atoms with Crippen LogP contribution in [-0.4, -0.2) is 32.1 Å². The first-order valence-corrected chi connectivity index (χ1v) is 5.86. The van der Waals surface area contributed by atoms with Gasteiger partial charge in [-0.2, -0.15) is 0 Å². The van der Waals surface area contributed by atoms with Crippen LogP contribution in [0.5, 0.6) is 0 Å². The first-order valence-electron chi connectivity index (χ1n) is 5.86. The number of nitrogens with zero attached hydrogens (tertiary/aromatic N) is 1. The predicted octanol–water partition coefficient (Wildman–Crippen LogP) is 2.25. The Morgan fingerprint density at radius 2 is 2.41 bits per heavy atom. The van der Waals surface area contributed by atoms with Crippen molar-refractivity contribution in [1.82, 2.24) is 0 Å². The molecule has 0 saturated carbocycles. The van der Waals surface area contributed by atoms with E-state index in [9.17, 15) is 9.18 Å². The normalized spacial score (nSPS) is 20.4. The molecule has 1 aromatic rings. The van der Waals surface area contributed by atoms with Crippen molar-refractivity contribution in [1.29, 1.82) is 0 Å². The number of hydrogen-bond acceptors (Lipinski definition) is 3. The second-order valence-electron chi connectivity index (χ2n) is 4.14. The summed E-state index contributed by atoms with van der Waals surface area (Å²) in [4.78, 5) is 12.8. The summed E-state index contributed by atoms with van der Waals surface area (Å²) in [6.07, 6.45) is 1.71. The van der Waals surface area contributed by atoms with E-state index in [0.717, 1.165) is 6.42 Å². The minimum atomic E-state index is -0.341. The Hall–Kier alpha value is -1.42. The fourth-order valence-corrected chi connectivity index (χ4v) is 2.13. The molecule has 17 heavy (non-hydrogen) atoms. The molecule has 0 N–H and O–H groups in total. The monoisotopic (exact) mass is 237 g/mol. The van der Waals surface area contributed by atoms with Crippen LogP contribution in [0.2, 0.25) is 0 Å². The molecule has 0 spiro atoms. The Labute approximate surface area is 100 Å². The van der Waals surface area contributed by atoms with E-state index in [4.69, 9.17) is 4.74 Å². The zero-order valence-corrected chi connectivity index (χ0v) is 9.86. The van der Waals surface area contributed by atoms with Crippen LogP contribution in [0.25, 0.3) is 0 Å². The van der Waals surface area contributed by atoms with Crippen LogP contribution in [0, 0.1) is 5.82 Å². The van der Waals surface area contributed by atoms with Gasteiger partial charge in [-0.1, -0.05) is 13.0 Å². The third-order valence-corrected chi connectivity index (χ3v) is 3.06. The first kappa shape index (κ1) is 12.0. The summed E-state index contributed by atoms with van der Waals surface area (Å²) in [6, 6.07) is 4.58. The lowest BCUT2D eigenvalue weighted by Gasteiger charge is -2.34. The number of aldehydes is 1. The van der Waals surface area contributed by atoms with Gasteiger partial charge in [0.05, 0.1) is 18.4 Å². The number of rotatable bonds is 3. The molecule has 0 aliphatic carbocycles. The topological polar surface area (TPSA) is 29.5 Å². The highest BCUT2D eigenvalue weighted by Crippen LogP contribution is 2.25. The van der Waals surface area contributed by atoms with Gasteiger partial charge in [-0.25, -0.2) is 4.39 Å². The summed E-state index contributed by atoms with van der Waals surface area (Å²) in [7, 11) is 0. The molecule has 0 aromatic heterocycles. The molecule has 1 aliphatic heterocycles. The van der Waals surface area contributed by atoms with Crippen LogP contribution >= 0.6 is 0 Å². The molecule has 4 heteroatoms. The summed E-state index contributed by atoms with van der Waals surface area (Å²) in [5, 5.41) is 0. The van der Waals surface area contributed by atoms with Gasteiger partial charge in [0.15, 0.2) is 6.29 Å². The minimum Gasteiger partial charge on any atom is -0.375 e. The predicted molar refractivity (Wildman–Crippen MR) is 64.0 cm³/mol. The number of halogens is 1. The van der Waals surface area contributed by atoms with E-state index in [1.54, 1.807) is 12.1 Å². The van der Waals surface area contributed by atoms with E-state index in [2.05, 4.69) is 0 Å². The van der Waals surface area contributed by atoms with Crippen LogP contribution < -0.4 is 4.90 Å². The lowest BCUT2D eigenvalue weighted by Crippen LogP contribution is -2.43. The molecule has 92 valence electrons. The van der Waals surface area contributed by atoms with Gasteiger partial charge in [-0.15, -0.1) is 0 Å². The first-order chi connectivity index (χ1) is 8.26. The van der Waals surface area contributed by atoms with Crippen LogP contribution in [0.1, 0.15) is 23.7 Å². The van der Waals surface area contributed by atoms with Gasteiger partial charge in [-0.3, -0.25) is 4.79 Å². The number of morpholine rings is 1. The lowest BCUT2D eigenvalue weighted by molar-refractivity contribution is 0.0381. The Morgan fingerprint density at radius 3 is 3.12 bits per heavy atom. The molecule has 1 heterocycles. The van der Waals surface area contributed by atoms with E-state index < -0.39 is 0 Å². The van der Waals surface area contributed by atoms with Gasteiger partial charge in [0.1, 0.15) is 5.82 Å². The van der Waals surface area contributed by atoms with Crippen molar-refractivity contribution >= 4 is 12.0 Å². The van der Waals surface area contributed by atoms with E-state index in [-0.39, 0.29) is 11.9 Å². The zero-order valence-electron chi connectivity index (χ0n) is 9.86. The SMILES string of the molecule is CCC1CN(c2c(F)cccc2C=O)CCO1. The molecule has 1 aliphatic rings. The second kappa shape index (κ2) is 5.27. The smallest absolute Gasteiger partial charge is 0.152 e. The van der Waals surface area contributed by atoms with Crippen LogP contribution in [0.15, 0.2) is 18.2 Å². The number of para-hydroxylation sites is 1. The molecule has 1 fully saturated rings. The van der Waals surface area contributed by atoms with Crippen molar-refractivity contribution < 1.29 is 13.9 Å². The van der Waals surface area contributed by atoms with Crippen LogP contribution in [0.3, 0.4) is 0 Å². The Balaban J connectivity index is 2.29. The average molecular weight is 237 g/mol. The number of carbonyl (C=O) groups excluding carboxylic acids is 1. The summed E-state index contributed by atoms with van der Waals surface area (Å²) < 4.78 is 19.4. The molecule has 1 atom stereocenters. The van der Waals surface area contributed by atoms with Gasteiger partial charge in [0.25, 0.3) is 0 Å². The van der Waals surface area contributed by atoms with Gasteiger partial charge in [0, 0.05) is 18.7 Å². The molecule has 3 nitrogen and oxygen atoms in total. The summed E-state index contributed by atoms with van der Waals surface area (Å²) in [5.74, 6) is -0.341. The fraction of sp³-hybridized carbons (Fsp3) is 0.462. The van der Waals surface area contributed by atoms with Crippen molar-refractivity contribution in [3.8, 4) is 0 Å². The standard InChI is InChI=1S/C13H16FNO2/c1-2-11-8-15(6-7-17-11)13-10(9-16)4-3-5-12(13)14/h3-5,9,11H,2,6-8H2,1H3. The maximum atomic E-state index is 13.8. The highest BCUT2D eigenvalue weighted by Gasteiger charge is 2.23. The molecule has 1 unspecified atom stereocenters. The highest BCUT2D eigenvalue weighted by atomic mass is 19.1. The van der Waals surface area contributed by atoms with E-state index in [0.29, 0.717) is 37.2 Å². The summed E-state index contributed by atoms with van der Waals surface area (Å²) in [6.45, 7) is 3.87. The van der Waals surface area contributed by atoms with Crippen LogP contribution in [0.4, 0.5) is 10.1 Å². The maximum absolute atomic E-state index is 13.8. The second-order valence-corrected chi connectivity index (χ2v) is 4.14. The molecule has 0 radical (unpaired) electrons. The van der Waals surface area contributed by atoms with Crippen molar-refractivity contribution in [2.75, 3.05) is 24.6 Å². The Bertz CT molecular complexity index is 408. The van der Waals surface area contributed by atoms with Gasteiger partial charge < -0.3 is 9.64 Å². The highest BCUT2D eigenvalue weighted by molar-refractivity contribution is 5.84. The van der Waals surface area contributed by atoms with Crippen molar-refractivity contribution in [3.05, 3.63) is 29.6 Å². The van der Waals surface area contributed by atoms with Gasteiger partial charge >= 0.3 is 0 Å². The summed E-state index contributed by atoms with van der Waals surface area (Å²) in [5.41, 5.74) is 0.811.